The van der Waals surface area contributed by atoms with Gasteiger partial charge in [0.05, 0.1) is 5.56 Å². The molecule has 0 fully saturated rings. The maximum absolute atomic E-state index is 11.1. The molecule has 0 radical (unpaired) electrons. The van der Waals surface area contributed by atoms with Crippen LogP contribution >= 0.6 is 0 Å². The van der Waals surface area contributed by atoms with E-state index in [1.165, 1.54) is 0 Å². The van der Waals surface area contributed by atoms with Crippen LogP contribution in [0.5, 0.6) is 0 Å². The second-order valence-electron chi connectivity index (χ2n) is 4.33. The van der Waals surface area contributed by atoms with Crippen molar-refractivity contribution in [3.8, 4) is 0 Å². The number of anilines is 1. The van der Waals surface area contributed by atoms with Gasteiger partial charge in [-0.2, -0.15) is 0 Å². The van der Waals surface area contributed by atoms with E-state index in [2.05, 4.69) is 10.3 Å². The van der Waals surface area contributed by atoms with Crippen LogP contribution in [-0.4, -0.2) is 22.6 Å². The molecule has 19 heavy (non-hydrogen) atoms. The smallest absolute Gasteiger partial charge is 0.335 e. The van der Waals surface area contributed by atoms with Crippen molar-refractivity contribution in [2.24, 2.45) is 0 Å². The normalized spacial score (nSPS) is 10.2. The first kappa shape index (κ1) is 13.1. The number of pyridine rings is 1. The third-order valence-electron chi connectivity index (χ3n) is 2.98. The van der Waals surface area contributed by atoms with Gasteiger partial charge in [0.15, 0.2) is 0 Å². The molecule has 4 nitrogen and oxygen atoms in total. The summed E-state index contributed by atoms with van der Waals surface area (Å²) in [5, 5.41) is 12.4. The molecule has 0 aliphatic rings. The van der Waals surface area contributed by atoms with E-state index in [-0.39, 0.29) is 0 Å². The average molecular weight is 256 g/mol. The summed E-state index contributed by atoms with van der Waals surface area (Å²) in [6, 6.07) is 9.01. The van der Waals surface area contributed by atoms with Gasteiger partial charge in [-0.05, 0) is 36.6 Å². The molecule has 2 aromatic rings. The van der Waals surface area contributed by atoms with Crippen LogP contribution in [0.2, 0.25) is 0 Å². The molecule has 4 heteroatoms. The van der Waals surface area contributed by atoms with Gasteiger partial charge < -0.3 is 10.4 Å². The monoisotopic (exact) mass is 256 g/mol. The summed E-state index contributed by atoms with van der Waals surface area (Å²) in [5.74, 6) is -0.879. The Labute approximate surface area is 112 Å². The third kappa shape index (κ3) is 3.31. The maximum Gasteiger partial charge on any atom is 0.335 e. The zero-order valence-corrected chi connectivity index (χ0v) is 10.8. The summed E-state index contributed by atoms with van der Waals surface area (Å²) in [6.07, 6.45) is 4.21. The van der Waals surface area contributed by atoms with Gasteiger partial charge in [-0.3, -0.25) is 4.98 Å². The topological polar surface area (TPSA) is 62.2 Å². The Hall–Kier alpha value is -2.36. The highest BCUT2D eigenvalue weighted by molar-refractivity contribution is 5.89. The molecule has 0 atom stereocenters. The number of rotatable bonds is 5. The first-order chi connectivity index (χ1) is 9.18. The van der Waals surface area contributed by atoms with Gasteiger partial charge in [0.2, 0.25) is 0 Å². The summed E-state index contributed by atoms with van der Waals surface area (Å²) >= 11 is 0. The second-order valence-corrected chi connectivity index (χ2v) is 4.33. The number of aryl methyl sites for hydroxylation is 1. The molecular formula is C15H16N2O2. The maximum atomic E-state index is 11.1. The largest absolute Gasteiger partial charge is 0.478 e. The fraction of sp³-hybridized carbons (Fsp3) is 0.200. The zero-order valence-electron chi connectivity index (χ0n) is 10.8. The van der Waals surface area contributed by atoms with E-state index >= 15 is 0 Å². The van der Waals surface area contributed by atoms with Crippen molar-refractivity contribution >= 4 is 11.7 Å². The van der Waals surface area contributed by atoms with Gasteiger partial charge >= 0.3 is 5.97 Å². The van der Waals surface area contributed by atoms with Crippen LogP contribution in [0.25, 0.3) is 0 Å². The van der Waals surface area contributed by atoms with Crippen LogP contribution in [0.4, 0.5) is 5.69 Å². The van der Waals surface area contributed by atoms with E-state index in [9.17, 15) is 4.79 Å². The first-order valence-corrected chi connectivity index (χ1v) is 6.14. The lowest BCUT2D eigenvalue weighted by atomic mass is 10.0. The first-order valence-electron chi connectivity index (χ1n) is 6.14. The van der Waals surface area contributed by atoms with E-state index < -0.39 is 5.97 Å². The zero-order chi connectivity index (χ0) is 13.7. The number of aromatic carboxylic acids is 1. The summed E-state index contributed by atoms with van der Waals surface area (Å²) in [5.41, 5.74) is 3.32. The minimum Gasteiger partial charge on any atom is -0.478 e. The number of aromatic nitrogens is 1. The molecule has 0 unspecified atom stereocenters. The molecule has 0 aliphatic heterocycles. The van der Waals surface area contributed by atoms with Gasteiger partial charge in [0, 0.05) is 24.6 Å². The summed E-state index contributed by atoms with van der Waals surface area (Å²) in [4.78, 5) is 15.1. The Balaban J connectivity index is 2.00. The third-order valence-corrected chi connectivity index (χ3v) is 2.98. The number of nitrogens with one attached hydrogen (secondary N) is 1. The van der Waals surface area contributed by atoms with Gasteiger partial charge in [-0.1, -0.05) is 18.2 Å². The van der Waals surface area contributed by atoms with Crippen LogP contribution in [0, 0.1) is 6.92 Å². The standard InChI is InChI=1S/C15H16N2O2/c1-11-10-16-8-7-14(11)17-9-6-12-4-2-3-5-13(12)15(18)19/h2-5,7-8,10H,6,9H2,1H3,(H,16,17)(H,18,19). The van der Waals surface area contributed by atoms with Gasteiger partial charge in [-0.15, -0.1) is 0 Å². The van der Waals surface area contributed by atoms with Crippen molar-refractivity contribution in [3.63, 3.8) is 0 Å². The fourth-order valence-electron chi connectivity index (χ4n) is 1.95. The molecule has 0 bridgehead atoms. The van der Waals surface area contributed by atoms with Crippen molar-refractivity contribution in [2.45, 2.75) is 13.3 Å². The van der Waals surface area contributed by atoms with Crippen molar-refractivity contribution < 1.29 is 9.90 Å². The Bertz CT molecular complexity index is 582. The molecule has 98 valence electrons. The highest BCUT2D eigenvalue weighted by atomic mass is 16.4. The summed E-state index contributed by atoms with van der Waals surface area (Å²) in [7, 11) is 0. The number of carboxylic acids is 1. The van der Waals surface area contributed by atoms with E-state index in [0.717, 1.165) is 16.8 Å². The molecule has 0 aliphatic carbocycles. The quantitative estimate of drug-likeness (QED) is 0.863. The number of carbonyl (C=O) groups is 1. The molecule has 0 spiro atoms. The van der Waals surface area contributed by atoms with Crippen LogP contribution in [-0.2, 0) is 6.42 Å². The van der Waals surface area contributed by atoms with Gasteiger partial charge in [0.1, 0.15) is 0 Å². The number of benzene rings is 1. The predicted octanol–water partition coefficient (Wildman–Crippen LogP) is 2.74. The Morgan fingerprint density at radius 2 is 2.11 bits per heavy atom. The van der Waals surface area contributed by atoms with E-state index in [1.807, 2.05) is 25.1 Å². The summed E-state index contributed by atoms with van der Waals surface area (Å²) < 4.78 is 0. The second kappa shape index (κ2) is 6.00. The SMILES string of the molecule is Cc1cnccc1NCCc1ccccc1C(=O)O. The lowest BCUT2D eigenvalue weighted by Gasteiger charge is -2.10. The van der Waals surface area contributed by atoms with E-state index in [4.69, 9.17) is 5.11 Å². The molecule has 0 amide bonds. The minimum atomic E-state index is -0.879. The number of carboxylic acid groups (broad SMARTS) is 1. The van der Waals surface area contributed by atoms with E-state index in [1.54, 1.807) is 24.5 Å². The van der Waals surface area contributed by atoms with Gasteiger partial charge in [-0.25, -0.2) is 4.79 Å². The minimum absolute atomic E-state index is 0.371. The van der Waals surface area contributed by atoms with Crippen molar-refractivity contribution in [2.75, 3.05) is 11.9 Å². The van der Waals surface area contributed by atoms with Crippen molar-refractivity contribution in [1.82, 2.24) is 4.98 Å². The highest BCUT2D eigenvalue weighted by Gasteiger charge is 2.08. The molecule has 1 aromatic heterocycles. The Morgan fingerprint density at radius 3 is 2.84 bits per heavy atom. The Morgan fingerprint density at radius 1 is 1.32 bits per heavy atom. The lowest BCUT2D eigenvalue weighted by molar-refractivity contribution is 0.0695. The van der Waals surface area contributed by atoms with Crippen LogP contribution in [0.3, 0.4) is 0 Å². The molecule has 2 rings (SSSR count). The van der Waals surface area contributed by atoms with Crippen LogP contribution in [0.1, 0.15) is 21.5 Å². The van der Waals surface area contributed by atoms with Crippen molar-refractivity contribution in [1.29, 1.82) is 0 Å². The summed E-state index contributed by atoms with van der Waals surface area (Å²) in [6.45, 7) is 2.68. The molecule has 2 N–H and O–H groups in total. The van der Waals surface area contributed by atoms with Crippen molar-refractivity contribution in [3.05, 3.63) is 59.4 Å². The number of hydrogen-bond donors (Lipinski definition) is 2. The molecule has 0 saturated carbocycles. The highest BCUT2D eigenvalue weighted by Crippen LogP contribution is 2.13. The number of nitrogens with zero attached hydrogens (tertiary/aromatic N) is 1. The van der Waals surface area contributed by atoms with Crippen LogP contribution < -0.4 is 5.32 Å². The predicted molar refractivity (Wildman–Crippen MR) is 74.6 cm³/mol. The molecule has 1 aromatic carbocycles. The van der Waals surface area contributed by atoms with Gasteiger partial charge in [0.25, 0.3) is 0 Å². The van der Waals surface area contributed by atoms with Crippen LogP contribution in [0.15, 0.2) is 42.7 Å². The molecule has 0 saturated heterocycles. The lowest BCUT2D eigenvalue weighted by Crippen LogP contribution is -2.09. The Kier molecular flexibility index (Phi) is 4.13. The molecule has 1 heterocycles. The number of hydrogen-bond acceptors (Lipinski definition) is 3. The average Bonchev–Trinajstić information content (AvgIpc) is 2.41. The van der Waals surface area contributed by atoms with E-state index in [0.29, 0.717) is 18.5 Å². The molecular weight excluding hydrogens is 240 g/mol. The fourth-order valence-corrected chi connectivity index (χ4v) is 1.95.